The number of esters is 1. The number of halogens is 3. The van der Waals surface area contributed by atoms with Crippen LogP contribution in [0.25, 0.3) is 10.2 Å². The van der Waals surface area contributed by atoms with Crippen LogP contribution >= 0.6 is 67.7 Å². The van der Waals surface area contributed by atoms with Crippen LogP contribution in [0.3, 0.4) is 0 Å². The summed E-state index contributed by atoms with van der Waals surface area (Å²) >= 11 is 18.1. The number of carbonyl (C=O) groups excluding carboxylic acids is 3. The summed E-state index contributed by atoms with van der Waals surface area (Å²) in [5.41, 5.74) is -0.229. The average Bonchev–Trinajstić information content (AvgIpc) is 3.22. The molecule has 38 heavy (non-hydrogen) atoms. The fraction of sp³-hybridized carbons (Fsp3) is 0.478. The Kier molecular flexibility index (Phi) is 10.0. The van der Waals surface area contributed by atoms with E-state index in [0.717, 1.165) is 9.60 Å². The Hall–Kier alpha value is -1.57. The number of aliphatic hydroxyl groups is 1. The minimum absolute atomic E-state index is 0.153. The molecule has 9 nitrogen and oxygen atoms in total. The van der Waals surface area contributed by atoms with Gasteiger partial charge in [-0.15, -0.1) is 11.3 Å². The van der Waals surface area contributed by atoms with Crippen molar-refractivity contribution in [2.75, 3.05) is 13.2 Å². The molecule has 0 spiro atoms. The largest absolute Gasteiger partial charge is 0.510 e. The number of para-hydroxylation sites is 1. The number of thiazole rings is 1. The molecule has 0 radical (unpaired) electrons. The summed E-state index contributed by atoms with van der Waals surface area (Å²) in [5, 5.41) is 10.1. The third-order valence-corrected chi connectivity index (χ3v) is 8.94. The van der Waals surface area contributed by atoms with Crippen molar-refractivity contribution in [1.82, 2.24) is 9.88 Å². The standard InChI is InChI=1S/C23H25Cl3N2O7S3/c1-11(29)17(20(31)35-22(3,4)5)28-9-15(19(28)30)38-37-14-8-6-7-13-16(14)27-18(36-13)12(2)34-21(32)33-10-23(24,25)26/h6-8,12,15,29H,9-10H2,1-5H3/t12-,15+/m1/s1. The second-order valence-corrected chi connectivity index (χ2v) is 15.1. The number of nitrogens with zero attached hydrogens (tertiary/aromatic N) is 2. The molecule has 0 unspecified atom stereocenters. The summed E-state index contributed by atoms with van der Waals surface area (Å²) in [5.74, 6) is -1.34. The number of aromatic nitrogens is 1. The van der Waals surface area contributed by atoms with E-state index in [1.54, 1.807) is 27.7 Å². The van der Waals surface area contributed by atoms with Crippen molar-refractivity contribution in [2.24, 2.45) is 0 Å². The van der Waals surface area contributed by atoms with Crippen molar-refractivity contribution >= 4 is 96.0 Å². The predicted octanol–water partition coefficient (Wildman–Crippen LogP) is 6.96. The normalized spacial score (nSPS) is 17.5. The van der Waals surface area contributed by atoms with Crippen LogP contribution in [0.4, 0.5) is 4.79 Å². The maximum atomic E-state index is 12.8. The maximum Gasteiger partial charge on any atom is 0.509 e. The topological polar surface area (TPSA) is 115 Å². The van der Waals surface area contributed by atoms with E-state index in [-0.39, 0.29) is 23.9 Å². The van der Waals surface area contributed by atoms with Crippen LogP contribution in [0.15, 0.2) is 34.6 Å². The molecule has 0 aliphatic carbocycles. The van der Waals surface area contributed by atoms with Gasteiger partial charge in [0.25, 0.3) is 0 Å². The van der Waals surface area contributed by atoms with Gasteiger partial charge in [0.05, 0.1) is 10.2 Å². The molecule has 1 aromatic heterocycles. The van der Waals surface area contributed by atoms with Gasteiger partial charge < -0.3 is 24.2 Å². The first-order valence-electron chi connectivity index (χ1n) is 11.1. The number of rotatable bonds is 8. The van der Waals surface area contributed by atoms with Gasteiger partial charge in [-0.25, -0.2) is 14.6 Å². The second-order valence-electron chi connectivity index (χ2n) is 9.12. The molecule has 208 valence electrons. The van der Waals surface area contributed by atoms with Gasteiger partial charge in [0, 0.05) is 11.4 Å². The van der Waals surface area contributed by atoms with Crippen molar-refractivity contribution in [2.45, 2.75) is 60.3 Å². The molecule has 15 heteroatoms. The van der Waals surface area contributed by atoms with E-state index in [1.807, 2.05) is 18.2 Å². The Morgan fingerprint density at radius 1 is 1.29 bits per heavy atom. The molecule has 2 aromatic rings. The number of amides is 1. The Bertz CT molecular complexity index is 1250. The number of hydrogen-bond donors (Lipinski definition) is 1. The molecule has 2 heterocycles. The Morgan fingerprint density at radius 2 is 1.97 bits per heavy atom. The number of β-lactam (4-membered cyclic amide) rings is 1. The van der Waals surface area contributed by atoms with Gasteiger partial charge in [-0.3, -0.25) is 4.79 Å². The summed E-state index contributed by atoms with van der Waals surface area (Å²) in [4.78, 5) is 43.9. The quantitative estimate of drug-likeness (QED) is 0.0808. The van der Waals surface area contributed by atoms with Gasteiger partial charge in [0.15, 0.2) is 11.8 Å². The number of hydrogen-bond acceptors (Lipinski definition) is 11. The first-order valence-corrected chi connectivity index (χ1v) is 15.3. The number of fused-ring (bicyclic) bond motifs is 1. The Balaban J connectivity index is 1.63. The van der Waals surface area contributed by atoms with Crippen LogP contribution in [0, 0.1) is 0 Å². The summed E-state index contributed by atoms with van der Waals surface area (Å²) in [6.07, 6.45) is -1.69. The van der Waals surface area contributed by atoms with Crippen molar-refractivity contribution in [3.05, 3.63) is 34.7 Å². The van der Waals surface area contributed by atoms with E-state index in [1.165, 1.54) is 44.7 Å². The first kappa shape index (κ1) is 31.0. The lowest BCUT2D eigenvalue weighted by molar-refractivity contribution is -0.156. The average molecular weight is 644 g/mol. The fourth-order valence-electron chi connectivity index (χ4n) is 3.11. The smallest absolute Gasteiger partial charge is 0.509 e. The van der Waals surface area contributed by atoms with Crippen LogP contribution in [0.2, 0.25) is 0 Å². The van der Waals surface area contributed by atoms with Gasteiger partial charge in [0.2, 0.25) is 9.70 Å². The lowest BCUT2D eigenvalue weighted by Crippen LogP contribution is -2.55. The minimum atomic E-state index is -1.74. The zero-order valence-corrected chi connectivity index (χ0v) is 25.7. The van der Waals surface area contributed by atoms with Gasteiger partial charge in [-0.1, -0.05) is 62.5 Å². The third kappa shape index (κ3) is 8.22. The summed E-state index contributed by atoms with van der Waals surface area (Å²) in [6.45, 7) is 7.89. The molecule has 1 aliphatic rings. The monoisotopic (exact) mass is 642 g/mol. The van der Waals surface area contributed by atoms with Gasteiger partial charge in [0.1, 0.15) is 28.2 Å². The van der Waals surface area contributed by atoms with E-state index < -0.39 is 39.5 Å². The summed E-state index contributed by atoms with van der Waals surface area (Å²) in [7, 11) is 2.70. The highest BCUT2D eigenvalue weighted by molar-refractivity contribution is 8.77. The third-order valence-electron chi connectivity index (χ3n) is 4.72. The van der Waals surface area contributed by atoms with Gasteiger partial charge in [-0.2, -0.15) is 0 Å². The summed E-state index contributed by atoms with van der Waals surface area (Å²) < 4.78 is 14.5. The molecule has 1 N–H and O–H groups in total. The number of ether oxygens (including phenoxy) is 3. The van der Waals surface area contributed by atoms with Crippen LogP contribution < -0.4 is 0 Å². The highest BCUT2D eigenvalue weighted by Crippen LogP contribution is 2.44. The first-order chi connectivity index (χ1) is 17.6. The SMILES string of the molecule is CC(O)=C(C(=O)OC(C)(C)C)N1C[C@H](SSc2cccc3sc([C@@H](C)OC(=O)OCC(Cl)(Cl)Cl)nc23)C1=O. The fourth-order valence-corrected chi connectivity index (χ4v) is 6.81. The lowest BCUT2D eigenvalue weighted by atomic mass is 10.1. The van der Waals surface area contributed by atoms with Crippen LogP contribution in [-0.2, 0) is 23.8 Å². The summed E-state index contributed by atoms with van der Waals surface area (Å²) in [6, 6.07) is 5.62. The number of carbonyl (C=O) groups is 3. The number of allylic oxidation sites excluding steroid dienone is 1. The molecule has 1 aliphatic heterocycles. The van der Waals surface area contributed by atoms with Crippen molar-refractivity contribution in [3.63, 3.8) is 0 Å². The van der Waals surface area contributed by atoms with Crippen molar-refractivity contribution in [1.29, 1.82) is 0 Å². The molecule has 1 saturated heterocycles. The van der Waals surface area contributed by atoms with Gasteiger partial charge >= 0.3 is 12.1 Å². The van der Waals surface area contributed by atoms with E-state index in [4.69, 9.17) is 49.0 Å². The van der Waals surface area contributed by atoms with Crippen molar-refractivity contribution in [3.8, 4) is 0 Å². The second kappa shape index (κ2) is 12.3. The van der Waals surface area contributed by atoms with E-state index in [2.05, 4.69) is 4.98 Å². The molecular formula is C23H25Cl3N2O7S3. The molecule has 1 amide bonds. The lowest BCUT2D eigenvalue weighted by Gasteiger charge is -2.38. The minimum Gasteiger partial charge on any atom is -0.510 e. The van der Waals surface area contributed by atoms with Gasteiger partial charge in [-0.05, 0) is 46.8 Å². The Labute approximate surface area is 246 Å². The van der Waals surface area contributed by atoms with Crippen LogP contribution in [-0.4, -0.2) is 60.8 Å². The number of aliphatic hydroxyl groups excluding tert-OH is 1. The number of benzene rings is 1. The zero-order valence-electron chi connectivity index (χ0n) is 21.0. The molecular weight excluding hydrogens is 619 g/mol. The highest BCUT2D eigenvalue weighted by Gasteiger charge is 2.43. The molecule has 0 bridgehead atoms. The van der Waals surface area contributed by atoms with Crippen LogP contribution in [0.1, 0.15) is 45.7 Å². The highest BCUT2D eigenvalue weighted by atomic mass is 35.6. The van der Waals surface area contributed by atoms with E-state index >= 15 is 0 Å². The predicted molar refractivity (Wildman–Crippen MR) is 151 cm³/mol. The van der Waals surface area contributed by atoms with Crippen molar-refractivity contribution < 1.29 is 33.7 Å². The molecule has 2 atom stereocenters. The van der Waals surface area contributed by atoms with E-state index in [0.29, 0.717) is 10.5 Å². The number of likely N-dealkylation sites (tertiary alicyclic amines) is 1. The molecule has 1 aromatic carbocycles. The molecule has 0 saturated carbocycles. The molecule has 1 fully saturated rings. The number of alkyl halides is 3. The Morgan fingerprint density at radius 3 is 2.55 bits per heavy atom. The van der Waals surface area contributed by atoms with E-state index in [9.17, 15) is 19.5 Å². The molecule has 3 rings (SSSR count). The maximum absolute atomic E-state index is 12.8. The zero-order chi connectivity index (χ0) is 28.4. The van der Waals surface area contributed by atoms with Crippen LogP contribution in [0.5, 0.6) is 0 Å².